The zero-order valence-electron chi connectivity index (χ0n) is 11.0. The molecule has 1 aromatic carbocycles. The first-order valence-corrected chi connectivity index (χ1v) is 6.76. The highest BCUT2D eigenvalue weighted by molar-refractivity contribution is 6.38. The van der Waals surface area contributed by atoms with Gasteiger partial charge in [0.25, 0.3) is 5.56 Å². The Bertz CT molecular complexity index is 729. The molecule has 1 heterocycles. The molecule has 2 rings (SSSR count). The summed E-state index contributed by atoms with van der Waals surface area (Å²) in [4.78, 5) is 23.1. The lowest BCUT2D eigenvalue weighted by Crippen LogP contribution is -2.23. The zero-order chi connectivity index (χ0) is 15.4. The second-order valence-corrected chi connectivity index (χ2v) is 5.10. The molecular formula is C13H12Cl2N4O2. The van der Waals surface area contributed by atoms with E-state index in [4.69, 9.17) is 23.2 Å². The van der Waals surface area contributed by atoms with Crippen molar-refractivity contribution in [2.75, 3.05) is 0 Å². The number of hydrogen-bond acceptors (Lipinski definition) is 3. The number of carbonyl (C=O) groups is 1. The molecule has 8 heteroatoms. The molecule has 110 valence electrons. The number of hydrogen-bond donors (Lipinski definition) is 3. The SMILES string of the molecule is Cc1[nH][nH]c(=O)c1CC(=O)N/N=C\c1c(Cl)cccc1Cl. The van der Waals surface area contributed by atoms with E-state index < -0.39 is 5.91 Å². The third-order valence-electron chi connectivity index (χ3n) is 2.81. The van der Waals surface area contributed by atoms with Gasteiger partial charge in [0.1, 0.15) is 0 Å². The van der Waals surface area contributed by atoms with Gasteiger partial charge in [0.2, 0.25) is 5.91 Å². The van der Waals surface area contributed by atoms with Gasteiger partial charge in [-0.15, -0.1) is 0 Å². The second-order valence-electron chi connectivity index (χ2n) is 4.29. The summed E-state index contributed by atoms with van der Waals surface area (Å²) in [6.45, 7) is 1.70. The lowest BCUT2D eigenvalue weighted by Gasteiger charge is -2.01. The minimum atomic E-state index is -0.414. The number of hydrazone groups is 1. The van der Waals surface area contributed by atoms with Gasteiger partial charge in [-0.1, -0.05) is 29.3 Å². The molecule has 6 nitrogen and oxygen atoms in total. The van der Waals surface area contributed by atoms with Gasteiger partial charge in [0.15, 0.2) is 0 Å². The molecule has 0 spiro atoms. The fourth-order valence-electron chi connectivity index (χ4n) is 1.69. The number of nitrogens with one attached hydrogen (secondary N) is 3. The second kappa shape index (κ2) is 6.60. The molecule has 1 amide bonds. The zero-order valence-corrected chi connectivity index (χ0v) is 12.5. The summed E-state index contributed by atoms with van der Waals surface area (Å²) in [6, 6.07) is 5.04. The summed E-state index contributed by atoms with van der Waals surface area (Å²) in [5, 5.41) is 9.70. The van der Waals surface area contributed by atoms with Gasteiger partial charge in [-0.25, -0.2) is 5.43 Å². The largest absolute Gasteiger partial charge is 0.302 e. The molecule has 0 atom stereocenters. The van der Waals surface area contributed by atoms with Crippen molar-refractivity contribution in [1.29, 1.82) is 0 Å². The van der Waals surface area contributed by atoms with Crippen molar-refractivity contribution in [2.45, 2.75) is 13.3 Å². The van der Waals surface area contributed by atoms with Crippen LogP contribution in [-0.2, 0) is 11.2 Å². The lowest BCUT2D eigenvalue weighted by molar-refractivity contribution is -0.120. The summed E-state index contributed by atoms with van der Waals surface area (Å²) >= 11 is 11.9. The third-order valence-corrected chi connectivity index (χ3v) is 3.47. The minimum Gasteiger partial charge on any atom is -0.302 e. The average Bonchev–Trinajstić information content (AvgIpc) is 2.74. The van der Waals surface area contributed by atoms with E-state index in [1.165, 1.54) is 6.21 Å². The van der Waals surface area contributed by atoms with Crippen molar-refractivity contribution in [1.82, 2.24) is 15.6 Å². The molecule has 0 saturated heterocycles. The lowest BCUT2D eigenvalue weighted by atomic mass is 10.2. The first-order chi connectivity index (χ1) is 9.99. The number of aryl methyl sites for hydroxylation is 1. The van der Waals surface area contributed by atoms with E-state index in [2.05, 4.69) is 20.7 Å². The maximum absolute atomic E-state index is 11.7. The quantitative estimate of drug-likeness (QED) is 0.592. The van der Waals surface area contributed by atoms with Gasteiger partial charge in [0.05, 0.1) is 22.7 Å². The van der Waals surface area contributed by atoms with E-state index in [0.717, 1.165) is 0 Å². The van der Waals surface area contributed by atoms with E-state index in [0.29, 0.717) is 26.9 Å². The minimum absolute atomic E-state index is 0.0712. The standard InChI is InChI=1S/C13H12Cl2N4O2/c1-7-8(13(21)19-17-7)5-12(20)18-16-6-9-10(14)3-2-4-11(9)15/h2-4,6H,5H2,1H3,(H,18,20)(H2,17,19,21)/b16-6-. The van der Waals surface area contributed by atoms with Crippen molar-refractivity contribution >= 4 is 35.3 Å². The van der Waals surface area contributed by atoms with Crippen LogP contribution < -0.4 is 11.0 Å². The highest BCUT2D eigenvalue weighted by atomic mass is 35.5. The highest BCUT2D eigenvalue weighted by Gasteiger charge is 2.10. The van der Waals surface area contributed by atoms with Crippen molar-refractivity contribution < 1.29 is 4.79 Å². The number of carbonyl (C=O) groups excluding carboxylic acids is 1. The first kappa shape index (κ1) is 15.3. The topological polar surface area (TPSA) is 90.1 Å². The van der Waals surface area contributed by atoms with Crippen LogP contribution in [0, 0.1) is 6.92 Å². The molecule has 2 aromatic rings. The van der Waals surface area contributed by atoms with Gasteiger partial charge >= 0.3 is 0 Å². The molecule has 0 aliphatic heterocycles. The van der Waals surface area contributed by atoms with Crippen LogP contribution in [0.25, 0.3) is 0 Å². The molecule has 0 fully saturated rings. The molecule has 0 aliphatic carbocycles. The molecule has 0 bridgehead atoms. The number of H-pyrrole nitrogens is 2. The molecular weight excluding hydrogens is 315 g/mol. The number of halogens is 2. The van der Waals surface area contributed by atoms with Crippen LogP contribution in [0.3, 0.4) is 0 Å². The number of amides is 1. The summed E-state index contributed by atoms with van der Waals surface area (Å²) < 4.78 is 0. The van der Waals surface area contributed by atoms with Crippen molar-refractivity contribution in [2.24, 2.45) is 5.10 Å². The summed E-state index contributed by atoms with van der Waals surface area (Å²) in [7, 11) is 0. The molecule has 0 aliphatic rings. The van der Waals surface area contributed by atoms with Crippen LogP contribution in [0.2, 0.25) is 10.0 Å². The van der Waals surface area contributed by atoms with Crippen LogP contribution in [0.15, 0.2) is 28.1 Å². The Labute approximate surface area is 130 Å². The summed E-state index contributed by atoms with van der Waals surface area (Å²) in [5.74, 6) is -0.414. The molecule has 1 aromatic heterocycles. The number of aromatic amines is 2. The molecule has 21 heavy (non-hydrogen) atoms. The molecule has 3 N–H and O–H groups in total. The maximum atomic E-state index is 11.7. The number of aromatic nitrogens is 2. The van der Waals surface area contributed by atoms with Crippen LogP contribution in [0.4, 0.5) is 0 Å². The van der Waals surface area contributed by atoms with Crippen LogP contribution in [0.1, 0.15) is 16.8 Å². The number of benzene rings is 1. The normalized spacial score (nSPS) is 11.0. The average molecular weight is 327 g/mol. The van der Waals surface area contributed by atoms with Gasteiger partial charge in [-0.2, -0.15) is 5.10 Å². The van der Waals surface area contributed by atoms with E-state index in [1.54, 1.807) is 25.1 Å². The van der Waals surface area contributed by atoms with Gasteiger partial charge < -0.3 is 5.10 Å². The van der Waals surface area contributed by atoms with Crippen molar-refractivity contribution in [3.63, 3.8) is 0 Å². The molecule has 0 saturated carbocycles. The number of nitrogens with zero attached hydrogens (tertiary/aromatic N) is 1. The highest BCUT2D eigenvalue weighted by Crippen LogP contribution is 2.21. The summed E-state index contributed by atoms with van der Waals surface area (Å²) in [5.41, 5.74) is 3.51. The van der Waals surface area contributed by atoms with Crippen LogP contribution in [-0.4, -0.2) is 22.3 Å². The molecule has 0 unspecified atom stereocenters. The Morgan fingerprint density at radius 2 is 2.00 bits per heavy atom. The fraction of sp³-hybridized carbons (Fsp3) is 0.154. The third kappa shape index (κ3) is 3.74. The van der Waals surface area contributed by atoms with Gasteiger partial charge in [-0.05, 0) is 19.1 Å². The predicted octanol–water partition coefficient (Wildman–Crippen LogP) is 2.01. The Kier molecular flexibility index (Phi) is 4.82. The Morgan fingerprint density at radius 1 is 1.33 bits per heavy atom. The Hall–Kier alpha value is -2.05. The van der Waals surface area contributed by atoms with E-state index in [-0.39, 0.29) is 12.0 Å². The van der Waals surface area contributed by atoms with Crippen molar-refractivity contribution in [3.8, 4) is 0 Å². The maximum Gasteiger partial charge on any atom is 0.267 e. The first-order valence-electron chi connectivity index (χ1n) is 6.01. The van der Waals surface area contributed by atoms with Gasteiger partial charge in [0, 0.05) is 16.8 Å². The Morgan fingerprint density at radius 3 is 2.57 bits per heavy atom. The van der Waals surface area contributed by atoms with Crippen LogP contribution >= 0.6 is 23.2 Å². The smallest absolute Gasteiger partial charge is 0.267 e. The fourth-order valence-corrected chi connectivity index (χ4v) is 2.18. The van der Waals surface area contributed by atoms with E-state index in [9.17, 15) is 9.59 Å². The van der Waals surface area contributed by atoms with Gasteiger partial charge in [-0.3, -0.25) is 14.7 Å². The molecule has 0 radical (unpaired) electrons. The van der Waals surface area contributed by atoms with Crippen LogP contribution in [0.5, 0.6) is 0 Å². The number of rotatable bonds is 4. The summed E-state index contributed by atoms with van der Waals surface area (Å²) in [6.07, 6.45) is 1.29. The monoisotopic (exact) mass is 326 g/mol. The van der Waals surface area contributed by atoms with E-state index in [1.807, 2.05) is 0 Å². The van der Waals surface area contributed by atoms with E-state index >= 15 is 0 Å². The Balaban J connectivity index is 2.02. The van der Waals surface area contributed by atoms with Crippen molar-refractivity contribution in [3.05, 3.63) is 55.4 Å². The predicted molar refractivity (Wildman–Crippen MR) is 82.1 cm³/mol.